The molecule has 27 heavy (non-hydrogen) atoms. The van der Waals surface area contributed by atoms with Gasteiger partial charge in [-0.3, -0.25) is 4.99 Å². The molecule has 0 atom stereocenters. The Balaban J connectivity index is 0.00000261. The second-order valence-corrected chi connectivity index (χ2v) is 6.43. The molecule has 0 saturated carbocycles. The van der Waals surface area contributed by atoms with Crippen LogP contribution < -0.4 is 10.2 Å². The number of rotatable bonds is 5. The van der Waals surface area contributed by atoms with Gasteiger partial charge in [0.05, 0.1) is 0 Å². The quantitative estimate of drug-likeness (QED) is 0.304. The molecule has 1 N–H and O–H groups in total. The first-order chi connectivity index (χ1) is 12.7. The number of halogens is 2. The Morgan fingerprint density at radius 1 is 1.04 bits per heavy atom. The van der Waals surface area contributed by atoms with Crippen LogP contribution in [0.15, 0.2) is 65.7 Å². The number of nitrogens with one attached hydrogen (secondary N) is 1. The fourth-order valence-corrected chi connectivity index (χ4v) is 3.02. The van der Waals surface area contributed by atoms with E-state index in [1.165, 1.54) is 23.4 Å². The maximum atomic E-state index is 13.0. The van der Waals surface area contributed by atoms with E-state index < -0.39 is 0 Å². The fourth-order valence-electron chi connectivity index (χ4n) is 3.02. The lowest BCUT2D eigenvalue weighted by atomic mass is 10.2. The highest BCUT2D eigenvalue weighted by atomic mass is 127. The summed E-state index contributed by atoms with van der Waals surface area (Å²) in [7, 11) is 3.75. The van der Waals surface area contributed by atoms with Crippen molar-refractivity contribution in [3.63, 3.8) is 0 Å². The van der Waals surface area contributed by atoms with Crippen LogP contribution in [0.2, 0.25) is 0 Å². The Bertz CT molecular complexity index is 764. The van der Waals surface area contributed by atoms with Crippen molar-refractivity contribution in [3.05, 3.63) is 77.6 Å². The Morgan fingerprint density at radius 3 is 2.22 bits per heavy atom. The molecule has 0 aromatic heterocycles. The van der Waals surface area contributed by atoms with Gasteiger partial charge in [0.2, 0.25) is 0 Å². The lowest BCUT2D eigenvalue weighted by Gasteiger charge is -2.22. The molecule has 4 nitrogen and oxygen atoms in total. The van der Waals surface area contributed by atoms with E-state index in [1.807, 2.05) is 11.9 Å². The number of aliphatic imine (C=N–C) groups is 1. The average Bonchev–Trinajstić information content (AvgIpc) is 3.19. The van der Waals surface area contributed by atoms with E-state index in [0.717, 1.165) is 24.6 Å². The molecule has 144 valence electrons. The van der Waals surface area contributed by atoms with Crippen LogP contribution >= 0.6 is 24.0 Å². The summed E-state index contributed by atoms with van der Waals surface area (Å²) in [5.74, 6) is 0.592. The van der Waals surface area contributed by atoms with E-state index in [4.69, 9.17) is 0 Å². The zero-order chi connectivity index (χ0) is 18.4. The van der Waals surface area contributed by atoms with Gasteiger partial charge in [0.25, 0.3) is 0 Å². The second kappa shape index (κ2) is 10.3. The predicted molar refractivity (Wildman–Crippen MR) is 121 cm³/mol. The van der Waals surface area contributed by atoms with Gasteiger partial charge in [-0.1, -0.05) is 36.4 Å². The SMILES string of the molecule is CN=C(NCc1ccc(N2CC=CC2)cc1)N(C)Cc1ccc(F)cc1.I. The first kappa shape index (κ1) is 21.2. The minimum atomic E-state index is -0.216. The van der Waals surface area contributed by atoms with Gasteiger partial charge in [0.15, 0.2) is 5.96 Å². The molecular formula is C21H26FIN4. The molecule has 6 heteroatoms. The molecule has 0 amide bonds. The van der Waals surface area contributed by atoms with Crippen molar-refractivity contribution in [1.82, 2.24) is 10.2 Å². The summed E-state index contributed by atoms with van der Waals surface area (Å²) in [5.41, 5.74) is 3.49. The van der Waals surface area contributed by atoms with Gasteiger partial charge in [-0.05, 0) is 35.4 Å². The molecular weight excluding hydrogens is 454 g/mol. The lowest BCUT2D eigenvalue weighted by Crippen LogP contribution is -2.38. The zero-order valence-corrected chi connectivity index (χ0v) is 18.1. The molecule has 0 saturated heterocycles. The zero-order valence-electron chi connectivity index (χ0n) is 15.7. The van der Waals surface area contributed by atoms with Crippen LogP contribution in [0.1, 0.15) is 11.1 Å². The minimum Gasteiger partial charge on any atom is -0.364 e. The fraction of sp³-hybridized carbons (Fsp3) is 0.286. The van der Waals surface area contributed by atoms with Gasteiger partial charge < -0.3 is 15.1 Å². The van der Waals surface area contributed by atoms with Crippen molar-refractivity contribution in [1.29, 1.82) is 0 Å². The van der Waals surface area contributed by atoms with Crippen molar-refractivity contribution in [2.24, 2.45) is 4.99 Å². The van der Waals surface area contributed by atoms with E-state index >= 15 is 0 Å². The lowest BCUT2D eigenvalue weighted by molar-refractivity contribution is 0.476. The summed E-state index contributed by atoms with van der Waals surface area (Å²) in [4.78, 5) is 8.69. The highest BCUT2D eigenvalue weighted by Gasteiger charge is 2.09. The molecule has 0 unspecified atom stereocenters. The highest BCUT2D eigenvalue weighted by Crippen LogP contribution is 2.17. The monoisotopic (exact) mass is 480 g/mol. The van der Waals surface area contributed by atoms with Crippen molar-refractivity contribution < 1.29 is 4.39 Å². The average molecular weight is 480 g/mol. The number of benzene rings is 2. The third kappa shape index (κ3) is 5.95. The van der Waals surface area contributed by atoms with Crippen LogP contribution in [-0.2, 0) is 13.1 Å². The Kier molecular flexibility index (Phi) is 8.09. The largest absolute Gasteiger partial charge is 0.364 e. The molecule has 2 aromatic carbocycles. The third-order valence-electron chi connectivity index (χ3n) is 4.48. The molecule has 1 aliphatic rings. The van der Waals surface area contributed by atoms with E-state index in [0.29, 0.717) is 13.1 Å². The van der Waals surface area contributed by atoms with Gasteiger partial charge in [0, 0.05) is 46.0 Å². The first-order valence-corrected chi connectivity index (χ1v) is 8.81. The Morgan fingerprint density at radius 2 is 1.63 bits per heavy atom. The summed E-state index contributed by atoms with van der Waals surface area (Å²) in [5, 5.41) is 3.38. The second-order valence-electron chi connectivity index (χ2n) is 6.43. The number of hydrogen-bond donors (Lipinski definition) is 1. The van der Waals surface area contributed by atoms with Crippen molar-refractivity contribution in [2.75, 3.05) is 32.1 Å². The molecule has 0 aliphatic carbocycles. The van der Waals surface area contributed by atoms with Crippen LogP contribution in [0.5, 0.6) is 0 Å². The van der Waals surface area contributed by atoms with Gasteiger partial charge in [-0.2, -0.15) is 0 Å². The van der Waals surface area contributed by atoms with Crippen molar-refractivity contribution in [2.45, 2.75) is 13.1 Å². The molecule has 3 rings (SSSR count). The van der Waals surface area contributed by atoms with E-state index in [2.05, 4.69) is 51.6 Å². The van der Waals surface area contributed by atoms with Crippen LogP contribution in [-0.4, -0.2) is 38.0 Å². The smallest absolute Gasteiger partial charge is 0.193 e. The van der Waals surface area contributed by atoms with Crippen LogP contribution in [0.25, 0.3) is 0 Å². The topological polar surface area (TPSA) is 30.9 Å². The molecule has 1 heterocycles. The van der Waals surface area contributed by atoms with Crippen LogP contribution in [0, 0.1) is 5.82 Å². The van der Waals surface area contributed by atoms with E-state index in [-0.39, 0.29) is 29.8 Å². The van der Waals surface area contributed by atoms with E-state index in [1.54, 1.807) is 19.2 Å². The van der Waals surface area contributed by atoms with Crippen LogP contribution in [0.3, 0.4) is 0 Å². The molecule has 0 bridgehead atoms. The Hall–Kier alpha value is -2.09. The molecule has 2 aromatic rings. The first-order valence-electron chi connectivity index (χ1n) is 8.81. The molecule has 1 aliphatic heterocycles. The number of anilines is 1. The van der Waals surface area contributed by atoms with Crippen LogP contribution in [0.4, 0.5) is 10.1 Å². The summed E-state index contributed by atoms with van der Waals surface area (Å²) in [6.07, 6.45) is 4.38. The van der Waals surface area contributed by atoms with Crippen molar-refractivity contribution in [3.8, 4) is 0 Å². The standard InChI is InChI=1S/C21H25FN4.HI/c1-23-21(25(2)16-18-5-9-19(22)10-6-18)24-15-17-7-11-20(12-8-17)26-13-3-4-14-26;/h3-12H,13-16H2,1-2H3,(H,23,24);1H. The minimum absolute atomic E-state index is 0. The number of hydrogen-bond acceptors (Lipinski definition) is 2. The van der Waals surface area contributed by atoms with Gasteiger partial charge >= 0.3 is 0 Å². The summed E-state index contributed by atoms with van der Waals surface area (Å²) in [6, 6.07) is 15.2. The maximum absolute atomic E-state index is 13.0. The maximum Gasteiger partial charge on any atom is 0.193 e. The number of nitrogens with zero attached hydrogens (tertiary/aromatic N) is 3. The molecule has 0 spiro atoms. The van der Waals surface area contributed by atoms with Gasteiger partial charge in [-0.15, -0.1) is 24.0 Å². The summed E-state index contributed by atoms with van der Waals surface area (Å²) < 4.78 is 13.0. The Labute approximate surface area is 177 Å². The predicted octanol–water partition coefficient (Wildman–Crippen LogP) is 4.03. The van der Waals surface area contributed by atoms with Gasteiger partial charge in [-0.25, -0.2) is 4.39 Å². The van der Waals surface area contributed by atoms with E-state index in [9.17, 15) is 4.39 Å². The highest BCUT2D eigenvalue weighted by molar-refractivity contribution is 14.0. The number of guanidine groups is 1. The summed E-state index contributed by atoms with van der Waals surface area (Å²) in [6.45, 7) is 3.34. The van der Waals surface area contributed by atoms with Crippen molar-refractivity contribution >= 4 is 35.6 Å². The molecule has 0 radical (unpaired) electrons. The third-order valence-corrected chi connectivity index (χ3v) is 4.48. The molecule has 0 fully saturated rings. The normalized spacial score (nSPS) is 13.4. The summed E-state index contributed by atoms with van der Waals surface area (Å²) >= 11 is 0. The van der Waals surface area contributed by atoms with Gasteiger partial charge in [0.1, 0.15) is 5.82 Å².